The Labute approximate surface area is 173 Å². The molecule has 0 fully saturated rings. The Morgan fingerprint density at radius 3 is 1.97 bits per heavy atom. The Bertz CT molecular complexity index is 923. The number of nitrogens with zero attached hydrogens (tertiary/aromatic N) is 1. The molecule has 4 amide bonds. The predicted molar refractivity (Wildman–Crippen MR) is 109 cm³/mol. The normalized spacial score (nSPS) is 11.3. The van der Waals surface area contributed by atoms with E-state index in [2.05, 4.69) is 5.32 Å². The van der Waals surface area contributed by atoms with Gasteiger partial charge < -0.3 is 16.0 Å². The van der Waals surface area contributed by atoms with Crippen molar-refractivity contribution in [3.05, 3.63) is 59.7 Å². The molecule has 0 radical (unpaired) electrons. The number of hydrogen-bond acceptors (Lipinski definition) is 5. The average Bonchev–Trinajstić information content (AvgIpc) is 2.75. The number of hydrogen-bond donors (Lipinski definition) is 4. The highest BCUT2D eigenvalue weighted by molar-refractivity contribution is 6.08. The van der Waals surface area contributed by atoms with Crippen molar-refractivity contribution in [2.75, 3.05) is 14.1 Å². The van der Waals surface area contributed by atoms with Crippen LogP contribution in [0, 0.1) is 0 Å². The number of benzene rings is 2. The summed E-state index contributed by atoms with van der Waals surface area (Å²) in [7, 11) is 3.45. The van der Waals surface area contributed by atoms with E-state index in [0.29, 0.717) is 12.8 Å². The molecule has 158 valence electrons. The molecule has 9 heteroatoms. The molecule has 0 aromatic heterocycles. The summed E-state index contributed by atoms with van der Waals surface area (Å²) in [5, 5.41) is 10.8. The molecule has 2 aromatic carbocycles. The van der Waals surface area contributed by atoms with Gasteiger partial charge in [-0.2, -0.15) is 0 Å². The Hall–Kier alpha value is -3.72. The van der Waals surface area contributed by atoms with Crippen molar-refractivity contribution < 1.29 is 24.4 Å². The minimum absolute atomic E-state index is 0.0722. The molecule has 0 aliphatic carbocycles. The fourth-order valence-electron chi connectivity index (χ4n) is 2.70. The van der Waals surface area contributed by atoms with Gasteiger partial charge in [0.25, 0.3) is 11.8 Å². The second-order valence-corrected chi connectivity index (χ2v) is 6.85. The molecule has 30 heavy (non-hydrogen) atoms. The standard InChI is InChI=1S/C21H24N4O5/c1-25(2)17(26)12-5-13-3-6-14(7-4-13)15-8-10-16(11-9-15)20(28)23-18(19(22)27)21(29)24-30/h3-4,6-11,18,30H,5,12H2,1-2H3,(H2,22,27)(H,23,28)(H,24,29). The summed E-state index contributed by atoms with van der Waals surface area (Å²) in [6.07, 6.45) is 1.09. The first-order valence-corrected chi connectivity index (χ1v) is 9.16. The molecule has 0 saturated heterocycles. The molecule has 1 unspecified atom stereocenters. The van der Waals surface area contributed by atoms with Gasteiger partial charge in [0.15, 0.2) is 6.04 Å². The van der Waals surface area contributed by atoms with E-state index in [4.69, 9.17) is 10.9 Å². The van der Waals surface area contributed by atoms with Crippen molar-refractivity contribution in [2.24, 2.45) is 5.73 Å². The van der Waals surface area contributed by atoms with Gasteiger partial charge in [-0.05, 0) is 35.2 Å². The van der Waals surface area contributed by atoms with Crippen molar-refractivity contribution in [1.29, 1.82) is 0 Å². The Morgan fingerprint density at radius 1 is 0.967 bits per heavy atom. The molecule has 0 aliphatic rings. The maximum absolute atomic E-state index is 12.2. The smallest absolute Gasteiger partial charge is 0.275 e. The van der Waals surface area contributed by atoms with E-state index in [1.54, 1.807) is 43.3 Å². The van der Waals surface area contributed by atoms with Crippen molar-refractivity contribution in [2.45, 2.75) is 18.9 Å². The van der Waals surface area contributed by atoms with E-state index in [9.17, 15) is 19.2 Å². The zero-order valence-electron chi connectivity index (χ0n) is 16.7. The van der Waals surface area contributed by atoms with Gasteiger partial charge in [-0.25, -0.2) is 5.48 Å². The Kier molecular flexibility index (Phi) is 7.65. The van der Waals surface area contributed by atoms with Crippen molar-refractivity contribution >= 4 is 23.6 Å². The summed E-state index contributed by atoms with van der Waals surface area (Å²) in [6.45, 7) is 0. The molecule has 0 bridgehead atoms. The lowest BCUT2D eigenvalue weighted by atomic mass is 10.0. The van der Waals surface area contributed by atoms with Gasteiger partial charge in [0, 0.05) is 26.1 Å². The van der Waals surface area contributed by atoms with Crippen LogP contribution in [0.5, 0.6) is 0 Å². The second kappa shape index (κ2) is 10.2. The summed E-state index contributed by atoms with van der Waals surface area (Å²) >= 11 is 0. The van der Waals surface area contributed by atoms with Crippen LogP contribution in [-0.2, 0) is 20.8 Å². The van der Waals surface area contributed by atoms with Gasteiger partial charge in [-0.1, -0.05) is 36.4 Å². The summed E-state index contributed by atoms with van der Waals surface area (Å²) < 4.78 is 0. The number of nitrogens with two attached hydrogens (primary N) is 1. The third-order valence-corrected chi connectivity index (χ3v) is 4.49. The third-order valence-electron chi connectivity index (χ3n) is 4.49. The summed E-state index contributed by atoms with van der Waals surface area (Å²) in [6, 6.07) is 12.6. The van der Waals surface area contributed by atoms with Gasteiger partial charge in [-0.3, -0.25) is 24.4 Å². The average molecular weight is 412 g/mol. The summed E-state index contributed by atoms with van der Waals surface area (Å²) in [5.74, 6) is -2.84. The predicted octanol–water partition coefficient (Wildman–Crippen LogP) is 0.464. The monoisotopic (exact) mass is 412 g/mol. The van der Waals surface area contributed by atoms with Crippen LogP contribution in [-0.4, -0.2) is 53.9 Å². The zero-order chi connectivity index (χ0) is 22.3. The van der Waals surface area contributed by atoms with E-state index < -0.39 is 23.8 Å². The van der Waals surface area contributed by atoms with Crippen LogP contribution in [0.1, 0.15) is 22.3 Å². The largest absolute Gasteiger partial charge is 0.367 e. The molecule has 2 rings (SSSR count). The molecule has 1 atom stereocenters. The van der Waals surface area contributed by atoms with Crippen LogP contribution < -0.4 is 16.5 Å². The van der Waals surface area contributed by atoms with E-state index in [-0.39, 0.29) is 11.5 Å². The first-order valence-electron chi connectivity index (χ1n) is 9.16. The number of carbonyl (C=O) groups is 4. The quantitative estimate of drug-likeness (QED) is 0.283. The van der Waals surface area contributed by atoms with Crippen LogP contribution in [0.3, 0.4) is 0 Å². The molecular formula is C21H24N4O5. The van der Waals surface area contributed by atoms with Gasteiger partial charge in [0.1, 0.15) is 0 Å². The van der Waals surface area contributed by atoms with Gasteiger partial charge >= 0.3 is 0 Å². The number of carbonyl (C=O) groups excluding carboxylic acids is 4. The fourth-order valence-corrected chi connectivity index (χ4v) is 2.70. The van der Waals surface area contributed by atoms with Crippen LogP contribution in [0.25, 0.3) is 11.1 Å². The molecule has 5 N–H and O–H groups in total. The SMILES string of the molecule is CN(C)C(=O)CCc1ccc(-c2ccc(C(=O)NC(C(N)=O)C(=O)NO)cc2)cc1. The highest BCUT2D eigenvalue weighted by Gasteiger charge is 2.26. The number of rotatable bonds is 8. The molecule has 0 aliphatic heterocycles. The molecule has 2 aromatic rings. The van der Waals surface area contributed by atoms with E-state index in [1.807, 2.05) is 24.3 Å². The maximum Gasteiger partial charge on any atom is 0.275 e. The number of amides is 4. The first-order chi connectivity index (χ1) is 14.2. The fraction of sp³-hybridized carbons (Fsp3) is 0.238. The lowest BCUT2D eigenvalue weighted by molar-refractivity contribution is -0.136. The first kappa shape index (κ1) is 22.6. The number of primary amides is 1. The van der Waals surface area contributed by atoms with E-state index >= 15 is 0 Å². The van der Waals surface area contributed by atoms with Crippen molar-refractivity contribution in [1.82, 2.24) is 15.7 Å². The van der Waals surface area contributed by atoms with Crippen LogP contribution in [0.15, 0.2) is 48.5 Å². The molecular weight excluding hydrogens is 388 g/mol. The molecule has 0 spiro atoms. The lowest BCUT2D eigenvalue weighted by Crippen LogP contribution is -2.53. The highest BCUT2D eigenvalue weighted by Crippen LogP contribution is 2.21. The topological polar surface area (TPSA) is 142 Å². The number of aryl methyl sites for hydroxylation is 1. The molecule has 9 nitrogen and oxygen atoms in total. The minimum atomic E-state index is -1.69. The van der Waals surface area contributed by atoms with Gasteiger partial charge in [0.2, 0.25) is 11.8 Å². The molecule has 0 saturated carbocycles. The number of hydroxylamine groups is 1. The van der Waals surface area contributed by atoms with E-state index in [0.717, 1.165) is 16.7 Å². The molecule has 0 heterocycles. The van der Waals surface area contributed by atoms with Gasteiger partial charge in [-0.15, -0.1) is 0 Å². The van der Waals surface area contributed by atoms with Crippen molar-refractivity contribution in [3.63, 3.8) is 0 Å². The zero-order valence-corrected chi connectivity index (χ0v) is 16.7. The maximum atomic E-state index is 12.2. The number of nitrogens with one attached hydrogen (secondary N) is 2. The lowest BCUT2D eigenvalue weighted by Gasteiger charge is -2.13. The second-order valence-electron chi connectivity index (χ2n) is 6.85. The van der Waals surface area contributed by atoms with Gasteiger partial charge in [0.05, 0.1) is 0 Å². The summed E-state index contributed by atoms with van der Waals surface area (Å²) in [5.41, 5.74) is 9.40. The Morgan fingerprint density at radius 2 is 1.50 bits per heavy atom. The summed E-state index contributed by atoms with van der Waals surface area (Å²) in [4.78, 5) is 48.2. The van der Waals surface area contributed by atoms with Crippen LogP contribution in [0.2, 0.25) is 0 Å². The Balaban J connectivity index is 2.04. The van der Waals surface area contributed by atoms with Crippen molar-refractivity contribution in [3.8, 4) is 11.1 Å². The van der Waals surface area contributed by atoms with E-state index in [1.165, 1.54) is 5.48 Å². The third kappa shape index (κ3) is 5.89. The van der Waals surface area contributed by atoms with Crippen LogP contribution >= 0.6 is 0 Å². The van der Waals surface area contributed by atoms with Crippen LogP contribution in [0.4, 0.5) is 0 Å². The minimum Gasteiger partial charge on any atom is -0.367 e. The highest BCUT2D eigenvalue weighted by atomic mass is 16.5.